The van der Waals surface area contributed by atoms with Gasteiger partial charge >= 0.3 is 0 Å². The summed E-state index contributed by atoms with van der Waals surface area (Å²) in [6.45, 7) is 6.53. The summed E-state index contributed by atoms with van der Waals surface area (Å²) in [5.41, 5.74) is -0.885. The fraction of sp³-hybridized carbons (Fsp3) is 0.583. The molecular weight excluding hydrogens is 232 g/mol. The lowest BCUT2D eigenvalue weighted by Gasteiger charge is -2.27. The van der Waals surface area contributed by atoms with E-state index in [9.17, 15) is 9.59 Å². The number of anilines is 1. The van der Waals surface area contributed by atoms with Gasteiger partial charge < -0.3 is 5.32 Å². The Balaban J connectivity index is 2.31. The van der Waals surface area contributed by atoms with Gasteiger partial charge in [0.25, 0.3) is 5.91 Å². The number of nitrogens with zero attached hydrogens (tertiary/aromatic N) is 3. The summed E-state index contributed by atoms with van der Waals surface area (Å²) >= 11 is 0. The Bertz CT molecular complexity index is 478. The number of hydrogen-bond donors (Lipinski definition) is 1. The van der Waals surface area contributed by atoms with Crippen LogP contribution in [0.25, 0.3) is 0 Å². The Morgan fingerprint density at radius 3 is 2.78 bits per heavy atom. The average molecular weight is 250 g/mol. The fourth-order valence-electron chi connectivity index (χ4n) is 2.01. The second-order valence-electron chi connectivity index (χ2n) is 4.91. The number of aryl methyl sites for hydroxylation is 1. The van der Waals surface area contributed by atoms with Crippen LogP contribution in [0.2, 0.25) is 0 Å². The summed E-state index contributed by atoms with van der Waals surface area (Å²) in [6, 6.07) is 1.80. The zero-order valence-corrected chi connectivity index (χ0v) is 10.9. The van der Waals surface area contributed by atoms with Crippen molar-refractivity contribution in [3.05, 3.63) is 12.3 Å². The maximum absolute atomic E-state index is 12.4. The van der Waals surface area contributed by atoms with Gasteiger partial charge in [0.15, 0.2) is 5.82 Å². The van der Waals surface area contributed by atoms with Crippen molar-refractivity contribution in [3.8, 4) is 0 Å². The third-order valence-corrected chi connectivity index (χ3v) is 3.02. The van der Waals surface area contributed by atoms with Crippen molar-refractivity contribution in [2.75, 3.05) is 11.4 Å². The molecule has 6 nitrogen and oxygen atoms in total. The molecule has 18 heavy (non-hydrogen) atoms. The molecule has 1 N–H and O–H groups in total. The number of amides is 2. The standard InChI is InChI=1S/C12H18N4O2/c1-4-15-7-5-9(14-15)16-8-6-10(17)13-12(2,3)11(16)18/h5,7H,4,6,8H2,1-3H3,(H,13,17). The fourth-order valence-corrected chi connectivity index (χ4v) is 2.01. The van der Waals surface area contributed by atoms with Crippen LogP contribution in [0, 0.1) is 0 Å². The van der Waals surface area contributed by atoms with Crippen LogP contribution in [-0.2, 0) is 16.1 Å². The summed E-state index contributed by atoms with van der Waals surface area (Å²) in [4.78, 5) is 25.5. The molecule has 6 heteroatoms. The van der Waals surface area contributed by atoms with Crippen LogP contribution in [0.4, 0.5) is 5.82 Å². The van der Waals surface area contributed by atoms with Crippen LogP contribution in [0.15, 0.2) is 12.3 Å². The van der Waals surface area contributed by atoms with Crippen LogP contribution >= 0.6 is 0 Å². The van der Waals surface area contributed by atoms with Crippen molar-refractivity contribution in [3.63, 3.8) is 0 Å². The molecule has 2 heterocycles. The van der Waals surface area contributed by atoms with Gasteiger partial charge in [-0.25, -0.2) is 0 Å². The predicted molar refractivity (Wildman–Crippen MR) is 67.1 cm³/mol. The first-order valence-corrected chi connectivity index (χ1v) is 6.10. The van der Waals surface area contributed by atoms with Gasteiger partial charge in [-0.15, -0.1) is 0 Å². The Morgan fingerprint density at radius 2 is 2.17 bits per heavy atom. The molecule has 0 aliphatic carbocycles. The monoisotopic (exact) mass is 250 g/mol. The zero-order chi connectivity index (χ0) is 13.3. The number of hydrogen-bond acceptors (Lipinski definition) is 3. The topological polar surface area (TPSA) is 67.2 Å². The third kappa shape index (κ3) is 2.23. The number of aromatic nitrogens is 2. The molecule has 1 aromatic heterocycles. The largest absolute Gasteiger partial charge is 0.342 e. The highest BCUT2D eigenvalue weighted by Crippen LogP contribution is 2.19. The van der Waals surface area contributed by atoms with E-state index in [1.165, 1.54) is 0 Å². The minimum atomic E-state index is -0.885. The number of rotatable bonds is 2. The van der Waals surface area contributed by atoms with E-state index in [1.807, 2.05) is 13.1 Å². The normalized spacial score (nSPS) is 19.6. The number of nitrogens with one attached hydrogen (secondary N) is 1. The van der Waals surface area contributed by atoms with Crippen molar-refractivity contribution in [2.24, 2.45) is 0 Å². The molecule has 1 saturated heterocycles. The van der Waals surface area contributed by atoms with Gasteiger partial charge in [0.05, 0.1) is 0 Å². The van der Waals surface area contributed by atoms with E-state index in [4.69, 9.17) is 0 Å². The summed E-state index contributed by atoms with van der Waals surface area (Å²) in [5, 5.41) is 7.04. The molecule has 0 aromatic carbocycles. The molecule has 1 fully saturated rings. The smallest absolute Gasteiger partial charge is 0.253 e. The zero-order valence-electron chi connectivity index (χ0n) is 10.9. The highest BCUT2D eigenvalue weighted by molar-refractivity contribution is 6.03. The average Bonchev–Trinajstić information content (AvgIpc) is 2.73. The lowest BCUT2D eigenvalue weighted by atomic mass is 10.0. The molecule has 0 unspecified atom stereocenters. The highest BCUT2D eigenvalue weighted by Gasteiger charge is 2.37. The molecule has 2 amide bonds. The summed E-state index contributed by atoms with van der Waals surface area (Å²) in [5.74, 6) is 0.368. The lowest BCUT2D eigenvalue weighted by Crippen LogP contribution is -2.53. The van der Waals surface area contributed by atoms with E-state index in [2.05, 4.69) is 10.4 Å². The maximum Gasteiger partial charge on any atom is 0.253 e. The van der Waals surface area contributed by atoms with Gasteiger partial charge in [-0.2, -0.15) is 5.10 Å². The third-order valence-electron chi connectivity index (χ3n) is 3.02. The molecule has 1 aliphatic rings. The van der Waals surface area contributed by atoms with Crippen LogP contribution in [0.5, 0.6) is 0 Å². The maximum atomic E-state index is 12.4. The molecule has 1 aromatic rings. The SMILES string of the molecule is CCn1ccc(N2CCC(=O)NC(C)(C)C2=O)n1. The van der Waals surface area contributed by atoms with Crippen molar-refractivity contribution >= 4 is 17.6 Å². The van der Waals surface area contributed by atoms with E-state index in [-0.39, 0.29) is 11.8 Å². The van der Waals surface area contributed by atoms with Gasteiger partial charge in [0.2, 0.25) is 5.91 Å². The Kier molecular flexibility index (Phi) is 3.11. The minimum Gasteiger partial charge on any atom is -0.342 e. The second-order valence-corrected chi connectivity index (χ2v) is 4.91. The minimum absolute atomic E-state index is 0.106. The Hall–Kier alpha value is -1.85. The number of carbonyl (C=O) groups is 2. The predicted octanol–water partition coefficient (Wildman–Crippen LogP) is 0.534. The summed E-state index contributed by atoms with van der Waals surface area (Å²) < 4.78 is 1.76. The van der Waals surface area contributed by atoms with Crippen LogP contribution in [-0.4, -0.2) is 33.7 Å². The van der Waals surface area contributed by atoms with Crippen molar-refractivity contribution in [2.45, 2.75) is 39.3 Å². The lowest BCUT2D eigenvalue weighted by molar-refractivity contribution is -0.128. The molecule has 0 spiro atoms. The van der Waals surface area contributed by atoms with Crippen molar-refractivity contribution < 1.29 is 9.59 Å². The van der Waals surface area contributed by atoms with E-state index >= 15 is 0 Å². The molecule has 0 saturated carbocycles. The molecule has 98 valence electrons. The van der Waals surface area contributed by atoms with Gasteiger partial charge in [0.1, 0.15) is 5.54 Å². The van der Waals surface area contributed by atoms with E-state index in [1.54, 1.807) is 29.5 Å². The molecule has 2 rings (SSSR count). The van der Waals surface area contributed by atoms with Crippen LogP contribution < -0.4 is 10.2 Å². The Labute approximate surface area is 106 Å². The summed E-state index contributed by atoms with van der Waals surface area (Å²) in [7, 11) is 0. The van der Waals surface area contributed by atoms with Gasteiger partial charge in [-0.3, -0.25) is 19.2 Å². The first-order chi connectivity index (χ1) is 8.44. The molecular formula is C12H18N4O2. The van der Waals surface area contributed by atoms with E-state index in [0.717, 1.165) is 6.54 Å². The molecule has 0 atom stereocenters. The number of carbonyl (C=O) groups excluding carboxylic acids is 2. The highest BCUT2D eigenvalue weighted by atomic mass is 16.2. The first-order valence-electron chi connectivity index (χ1n) is 6.10. The van der Waals surface area contributed by atoms with E-state index in [0.29, 0.717) is 18.8 Å². The second kappa shape index (κ2) is 4.44. The van der Waals surface area contributed by atoms with Gasteiger partial charge in [-0.1, -0.05) is 0 Å². The first kappa shape index (κ1) is 12.6. The summed E-state index contributed by atoms with van der Waals surface area (Å²) in [6.07, 6.45) is 2.13. The van der Waals surface area contributed by atoms with Crippen LogP contribution in [0.3, 0.4) is 0 Å². The van der Waals surface area contributed by atoms with Gasteiger partial charge in [0, 0.05) is 31.8 Å². The van der Waals surface area contributed by atoms with Crippen molar-refractivity contribution in [1.29, 1.82) is 0 Å². The molecule has 0 radical (unpaired) electrons. The molecule has 1 aliphatic heterocycles. The van der Waals surface area contributed by atoms with Crippen molar-refractivity contribution in [1.82, 2.24) is 15.1 Å². The van der Waals surface area contributed by atoms with E-state index < -0.39 is 5.54 Å². The quantitative estimate of drug-likeness (QED) is 0.832. The van der Waals surface area contributed by atoms with Gasteiger partial charge in [-0.05, 0) is 20.8 Å². The molecule has 0 bridgehead atoms. The van der Waals surface area contributed by atoms with Crippen LogP contribution in [0.1, 0.15) is 27.2 Å². The Morgan fingerprint density at radius 1 is 1.44 bits per heavy atom.